The SMILES string of the molecule is CC(C)c1ccc(N2C(=O)NC3CCN(C(=O)c4ccc(C#N)cc4)C3C2=O)cc1. The van der Waals surface area contributed by atoms with E-state index >= 15 is 0 Å². The monoisotopic (exact) mass is 402 g/mol. The quantitative estimate of drug-likeness (QED) is 0.854. The fourth-order valence-electron chi connectivity index (χ4n) is 4.04. The first kappa shape index (κ1) is 19.6. The van der Waals surface area contributed by atoms with Gasteiger partial charge in [-0.25, -0.2) is 9.69 Å². The number of nitrogens with zero attached hydrogens (tertiary/aromatic N) is 3. The number of carbonyl (C=O) groups is 3. The Hall–Kier alpha value is -3.66. The molecule has 2 aliphatic heterocycles. The van der Waals surface area contributed by atoms with Crippen molar-refractivity contribution in [2.24, 2.45) is 0 Å². The van der Waals surface area contributed by atoms with Crippen LogP contribution in [0.3, 0.4) is 0 Å². The molecule has 7 nitrogen and oxygen atoms in total. The summed E-state index contributed by atoms with van der Waals surface area (Å²) in [5.74, 6) is -0.350. The van der Waals surface area contributed by atoms with Crippen LogP contribution in [0.15, 0.2) is 48.5 Å². The Morgan fingerprint density at radius 1 is 1.10 bits per heavy atom. The molecule has 152 valence electrons. The standard InChI is InChI=1S/C23H22N4O3/c1-14(2)16-7-9-18(10-8-16)27-22(29)20-19(25-23(27)30)11-12-26(20)21(28)17-5-3-15(13-24)4-6-17/h3-10,14,19-20H,11-12H2,1-2H3,(H,25,30). The Morgan fingerprint density at radius 2 is 1.77 bits per heavy atom. The van der Waals surface area contributed by atoms with E-state index in [1.165, 1.54) is 4.90 Å². The molecule has 2 saturated heterocycles. The van der Waals surface area contributed by atoms with E-state index in [1.54, 1.807) is 36.4 Å². The van der Waals surface area contributed by atoms with Crippen LogP contribution < -0.4 is 10.2 Å². The van der Waals surface area contributed by atoms with E-state index in [1.807, 2.05) is 18.2 Å². The third-order valence-electron chi connectivity index (χ3n) is 5.72. The highest BCUT2D eigenvalue weighted by molar-refractivity contribution is 6.19. The summed E-state index contributed by atoms with van der Waals surface area (Å²) in [5, 5.41) is 11.8. The van der Waals surface area contributed by atoms with Gasteiger partial charge in [0.05, 0.1) is 23.4 Å². The number of nitriles is 1. The van der Waals surface area contributed by atoms with Gasteiger partial charge < -0.3 is 10.2 Å². The molecule has 2 aromatic rings. The molecule has 0 radical (unpaired) electrons. The summed E-state index contributed by atoms with van der Waals surface area (Å²) in [7, 11) is 0. The van der Waals surface area contributed by atoms with E-state index in [2.05, 4.69) is 19.2 Å². The van der Waals surface area contributed by atoms with Crippen LogP contribution in [-0.4, -0.2) is 41.4 Å². The fraction of sp³-hybridized carbons (Fsp3) is 0.304. The smallest absolute Gasteiger partial charge is 0.329 e. The number of urea groups is 1. The number of carbonyl (C=O) groups excluding carboxylic acids is 3. The first-order valence-corrected chi connectivity index (χ1v) is 9.96. The Balaban J connectivity index is 1.61. The van der Waals surface area contributed by atoms with E-state index in [9.17, 15) is 14.4 Å². The predicted octanol–water partition coefficient (Wildman–Crippen LogP) is 3.02. The Bertz CT molecular complexity index is 1040. The van der Waals surface area contributed by atoms with Gasteiger partial charge in [-0.05, 0) is 54.3 Å². The van der Waals surface area contributed by atoms with Crippen molar-refractivity contribution in [1.29, 1.82) is 5.26 Å². The molecule has 0 saturated carbocycles. The lowest BCUT2D eigenvalue weighted by molar-refractivity contribution is -0.122. The van der Waals surface area contributed by atoms with Gasteiger partial charge in [0.1, 0.15) is 6.04 Å². The minimum absolute atomic E-state index is 0.286. The number of rotatable bonds is 3. The summed E-state index contributed by atoms with van der Waals surface area (Å²) in [4.78, 5) is 41.6. The molecule has 0 bridgehead atoms. The first-order valence-electron chi connectivity index (χ1n) is 9.96. The van der Waals surface area contributed by atoms with Crippen molar-refractivity contribution in [3.63, 3.8) is 0 Å². The largest absolute Gasteiger partial charge is 0.332 e. The molecule has 2 atom stereocenters. The van der Waals surface area contributed by atoms with Gasteiger partial charge in [-0.15, -0.1) is 0 Å². The van der Waals surface area contributed by atoms with Crippen LogP contribution in [0.25, 0.3) is 0 Å². The minimum atomic E-state index is -0.754. The normalized spacial score (nSPS) is 20.7. The Labute approximate surface area is 174 Å². The molecule has 7 heteroatoms. The minimum Gasteiger partial charge on any atom is -0.332 e. The van der Waals surface area contributed by atoms with Crippen molar-refractivity contribution in [3.8, 4) is 6.07 Å². The third kappa shape index (κ3) is 3.30. The second-order valence-electron chi connectivity index (χ2n) is 7.90. The highest BCUT2D eigenvalue weighted by Crippen LogP contribution is 2.29. The van der Waals surface area contributed by atoms with Crippen LogP contribution in [-0.2, 0) is 4.79 Å². The molecule has 4 rings (SSSR count). The second kappa shape index (κ2) is 7.64. The van der Waals surface area contributed by atoms with E-state index in [4.69, 9.17) is 5.26 Å². The summed E-state index contributed by atoms with van der Waals surface area (Å²) < 4.78 is 0. The summed E-state index contributed by atoms with van der Waals surface area (Å²) in [5.41, 5.74) is 2.47. The molecule has 2 unspecified atom stereocenters. The van der Waals surface area contributed by atoms with Crippen molar-refractivity contribution in [1.82, 2.24) is 10.2 Å². The second-order valence-corrected chi connectivity index (χ2v) is 7.90. The highest BCUT2D eigenvalue weighted by atomic mass is 16.2. The number of nitrogens with one attached hydrogen (secondary N) is 1. The lowest BCUT2D eigenvalue weighted by Crippen LogP contribution is -2.65. The number of imide groups is 1. The maximum atomic E-state index is 13.3. The molecule has 0 aliphatic carbocycles. The van der Waals surface area contributed by atoms with Crippen LogP contribution in [0.5, 0.6) is 0 Å². The van der Waals surface area contributed by atoms with Gasteiger partial charge in [0.15, 0.2) is 0 Å². The number of hydrogen-bond donors (Lipinski definition) is 1. The molecular weight excluding hydrogens is 380 g/mol. The van der Waals surface area contributed by atoms with Gasteiger partial charge in [-0.3, -0.25) is 9.59 Å². The van der Waals surface area contributed by atoms with Crippen LogP contribution in [0.2, 0.25) is 0 Å². The third-order valence-corrected chi connectivity index (χ3v) is 5.72. The maximum absolute atomic E-state index is 13.3. The van der Waals surface area contributed by atoms with Crippen LogP contribution in [0, 0.1) is 11.3 Å². The maximum Gasteiger partial charge on any atom is 0.329 e. The van der Waals surface area contributed by atoms with E-state index in [0.29, 0.717) is 35.7 Å². The van der Waals surface area contributed by atoms with Gasteiger partial charge in [0.25, 0.3) is 11.8 Å². The molecule has 1 N–H and O–H groups in total. The zero-order chi connectivity index (χ0) is 21.4. The Kier molecular flexibility index (Phi) is 5.00. The van der Waals surface area contributed by atoms with E-state index in [0.717, 1.165) is 10.5 Å². The zero-order valence-corrected chi connectivity index (χ0v) is 16.8. The number of amides is 4. The van der Waals surface area contributed by atoms with Gasteiger partial charge in [0, 0.05) is 12.1 Å². The molecule has 2 fully saturated rings. The van der Waals surface area contributed by atoms with E-state index < -0.39 is 24.0 Å². The fourth-order valence-corrected chi connectivity index (χ4v) is 4.04. The number of benzene rings is 2. The predicted molar refractivity (Wildman–Crippen MR) is 111 cm³/mol. The van der Waals surface area contributed by atoms with Gasteiger partial charge in [0.2, 0.25) is 0 Å². The summed E-state index contributed by atoms with van der Waals surface area (Å²) >= 11 is 0. The van der Waals surface area contributed by atoms with Crippen molar-refractivity contribution < 1.29 is 14.4 Å². The molecule has 4 amide bonds. The summed E-state index contributed by atoms with van der Waals surface area (Å²) in [6.07, 6.45) is 0.518. The molecule has 2 heterocycles. The Morgan fingerprint density at radius 3 is 2.37 bits per heavy atom. The number of likely N-dealkylation sites (tertiary alicyclic amines) is 1. The zero-order valence-electron chi connectivity index (χ0n) is 16.8. The summed E-state index contributed by atoms with van der Waals surface area (Å²) in [6.45, 7) is 4.52. The van der Waals surface area contributed by atoms with Crippen LogP contribution in [0.4, 0.5) is 10.5 Å². The molecule has 0 spiro atoms. The van der Waals surface area contributed by atoms with Crippen molar-refractivity contribution in [2.45, 2.75) is 38.3 Å². The van der Waals surface area contributed by atoms with Gasteiger partial charge in [-0.2, -0.15) is 5.26 Å². The number of fused-ring (bicyclic) bond motifs is 1. The number of hydrogen-bond acceptors (Lipinski definition) is 4. The topological polar surface area (TPSA) is 93.5 Å². The van der Waals surface area contributed by atoms with Crippen molar-refractivity contribution >= 4 is 23.5 Å². The number of anilines is 1. The van der Waals surface area contributed by atoms with Gasteiger partial charge >= 0.3 is 6.03 Å². The average molecular weight is 402 g/mol. The van der Waals surface area contributed by atoms with Crippen molar-refractivity contribution in [3.05, 3.63) is 65.2 Å². The average Bonchev–Trinajstić information content (AvgIpc) is 3.17. The lowest BCUT2D eigenvalue weighted by atomic mass is 10.0. The molecule has 2 aliphatic rings. The molecule has 2 aromatic carbocycles. The highest BCUT2D eigenvalue weighted by Gasteiger charge is 2.50. The summed E-state index contributed by atoms with van der Waals surface area (Å²) in [6, 6.07) is 14.0. The molecule has 0 aromatic heterocycles. The first-order chi connectivity index (χ1) is 14.4. The van der Waals surface area contributed by atoms with Crippen LogP contribution >= 0.6 is 0 Å². The van der Waals surface area contributed by atoms with E-state index in [-0.39, 0.29) is 5.91 Å². The van der Waals surface area contributed by atoms with Crippen molar-refractivity contribution in [2.75, 3.05) is 11.4 Å². The molecule has 30 heavy (non-hydrogen) atoms. The van der Waals surface area contributed by atoms with Gasteiger partial charge in [-0.1, -0.05) is 26.0 Å². The van der Waals surface area contributed by atoms with Crippen LogP contribution in [0.1, 0.15) is 47.7 Å². The molecular formula is C23H22N4O3. The lowest BCUT2D eigenvalue weighted by Gasteiger charge is -2.37.